The van der Waals surface area contributed by atoms with Crippen LogP contribution in [0.25, 0.3) is 64.4 Å². The number of benzene rings is 4. The predicted molar refractivity (Wildman–Crippen MR) is 124 cm³/mol. The molecule has 0 bridgehead atoms. The number of nitrogens with zero attached hydrogens (tertiary/aromatic N) is 2. The molecule has 146 valence electrons. The molecule has 0 aliphatic heterocycles. The van der Waals surface area contributed by atoms with E-state index in [0.29, 0.717) is 11.8 Å². The standard InChI is InChI=1S/C26H14N2O2Se/c1-3-7-15(8-4-1)25-27-19-13-23-17(11-21(19)29-25)18-12-22-20(14-24(18)31-23)28-26(30-22)16-9-5-2-6-10-16/h1-14H. The van der Waals surface area contributed by atoms with Crippen LogP contribution in [0.5, 0.6) is 0 Å². The van der Waals surface area contributed by atoms with E-state index in [4.69, 9.17) is 18.8 Å². The summed E-state index contributed by atoms with van der Waals surface area (Å²) in [6.45, 7) is 0. The molecule has 0 aliphatic rings. The molecule has 0 saturated carbocycles. The van der Waals surface area contributed by atoms with Crippen LogP contribution in [0.2, 0.25) is 0 Å². The van der Waals surface area contributed by atoms with Crippen LogP contribution in [-0.2, 0) is 0 Å². The van der Waals surface area contributed by atoms with Crippen molar-refractivity contribution in [2.24, 2.45) is 0 Å². The zero-order valence-corrected chi connectivity index (χ0v) is 17.9. The summed E-state index contributed by atoms with van der Waals surface area (Å²) in [5, 5.41) is 2.41. The molecule has 0 spiro atoms. The van der Waals surface area contributed by atoms with Gasteiger partial charge in [0.1, 0.15) is 0 Å². The van der Waals surface area contributed by atoms with Crippen molar-refractivity contribution in [1.82, 2.24) is 9.97 Å². The Morgan fingerprint density at radius 1 is 0.548 bits per heavy atom. The normalized spacial score (nSPS) is 11.9. The summed E-state index contributed by atoms with van der Waals surface area (Å²) in [7, 11) is 0. The van der Waals surface area contributed by atoms with Crippen LogP contribution in [0.1, 0.15) is 0 Å². The first-order chi connectivity index (χ1) is 15.3. The van der Waals surface area contributed by atoms with E-state index in [0.717, 1.165) is 33.3 Å². The predicted octanol–water partition coefficient (Wildman–Crippen LogP) is 6.67. The van der Waals surface area contributed by atoms with Gasteiger partial charge in [-0.15, -0.1) is 0 Å². The third-order valence-corrected chi connectivity index (χ3v) is 7.87. The van der Waals surface area contributed by atoms with Gasteiger partial charge < -0.3 is 0 Å². The van der Waals surface area contributed by atoms with Gasteiger partial charge in [0.2, 0.25) is 0 Å². The summed E-state index contributed by atoms with van der Waals surface area (Å²) < 4.78 is 14.8. The zero-order valence-electron chi connectivity index (χ0n) is 16.2. The molecule has 7 aromatic rings. The van der Waals surface area contributed by atoms with Crippen molar-refractivity contribution < 1.29 is 8.83 Å². The molecule has 0 fully saturated rings. The second kappa shape index (κ2) is 6.42. The number of fused-ring (bicyclic) bond motifs is 5. The van der Waals surface area contributed by atoms with Crippen molar-refractivity contribution in [1.29, 1.82) is 0 Å². The van der Waals surface area contributed by atoms with Gasteiger partial charge in [0.15, 0.2) is 0 Å². The van der Waals surface area contributed by atoms with Crippen LogP contribution in [0.4, 0.5) is 0 Å². The van der Waals surface area contributed by atoms with Crippen LogP contribution >= 0.6 is 0 Å². The Kier molecular flexibility index (Phi) is 3.53. The van der Waals surface area contributed by atoms with Crippen LogP contribution in [-0.4, -0.2) is 24.5 Å². The van der Waals surface area contributed by atoms with Gasteiger partial charge in [0, 0.05) is 0 Å². The van der Waals surface area contributed by atoms with E-state index in [1.165, 1.54) is 19.3 Å². The van der Waals surface area contributed by atoms with E-state index in [2.05, 4.69) is 24.3 Å². The maximum atomic E-state index is 6.10. The topological polar surface area (TPSA) is 52.1 Å². The maximum absolute atomic E-state index is 6.10. The Morgan fingerprint density at radius 3 is 1.45 bits per heavy atom. The first-order valence-electron chi connectivity index (χ1n) is 10.00. The molecule has 4 aromatic carbocycles. The summed E-state index contributed by atoms with van der Waals surface area (Å²) >= 11 is 0.199. The number of aromatic nitrogens is 2. The third-order valence-electron chi connectivity index (χ3n) is 5.53. The quantitative estimate of drug-likeness (QED) is 0.268. The van der Waals surface area contributed by atoms with E-state index >= 15 is 0 Å². The first kappa shape index (κ1) is 17.1. The van der Waals surface area contributed by atoms with Gasteiger partial charge in [-0.3, -0.25) is 0 Å². The summed E-state index contributed by atoms with van der Waals surface area (Å²) in [6, 6.07) is 28.6. The average molecular weight is 465 g/mol. The summed E-state index contributed by atoms with van der Waals surface area (Å²) in [5.74, 6) is 1.32. The Labute approximate surface area is 182 Å². The fourth-order valence-electron chi connectivity index (χ4n) is 4.03. The number of oxazole rings is 2. The molecule has 0 amide bonds. The third kappa shape index (κ3) is 2.68. The van der Waals surface area contributed by atoms with Crippen molar-refractivity contribution in [2.45, 2.75) is 0 Å². The van der Waals surface area contributed by atoms with Crippen LogP contribution in [0, 0.1) is 0 Å². The molecule has 4 nitrogen and oxygen atoms in total. The fourth-order valence-corrected chi connectivity index (χ4v) is 6.41. The Hall–Kier alpha value is -3.66. The summed E-state index contributed by atoms with van der Waals surface area (Å²) in [5.41, 5.74) is 5.40. The van der Waals surface area contributed by atoms with Crippen molar-refractivity contribution in [3.8, 4) is 22.9 Å². The van der Waals surface area contributed by atoms with Crippen molar-refractivity contribution in [2.75, 3.05) is 0 Å². The van der Waals surface area contributed by atoms with E-state index < -0.39 is 0 Å². The Bertz CT molecular complexity index is 1600. The van der Waals surface area contributed by atoms with Crippen LogP contribution in [0.3, 0.4) is 0 Å². The van der Waals surface area contributed by atoms with Gasteiger partial charge in [-0.25, -0.2) is 0 Å². The van der Waals surface area contributed by atoms with E-state index in [-0.39, 0.29) is 14.5 Å². The Morgan fingerprint density at radius 2 is 1.00 bits per heavy atom. The van der Waals surface area contributed by atoms with Crippen molar-refractivity contribution in [3.05, 3.63) is 84.9 Å². The zero-order chi connectivity index (χ0) is 20.4. The number of rotatable bonds is 2. The first-order valence-corrected chi connectivity index (χ1v) is 11.7. The molecule has 5 heteroatoms. The molecule has 0 saturated heterocycles. The molecule has 31 heavy (non-hydrogen) atoms. The molecule has 3 heterocycles. The van der Waals surface area contributed by atoms with Crippen LogP contribution < -0.4 is 0 Å². The van der Waals surface area contributed by atoms with E-state index in [9.17, 15) is 0 Å². The average Bonchev–Trinajstić information content (AvgIpc) is 3.51. The second-order valence-corrected chi connectivity index (χ2v) is 9.78. The van der Waals surface area contributed by atoms with Crippen LogP contribution in [0.15, 0.2) is 93.8 Å². The molecule has 0 unspecified atom stereocenters. The van der Waals surface area contributed by atoms with Gasteiger partial charge in [-0.05, 0) is 0 Å². The number of hydrogen-bond donors (Lipinski definition) is 0. The SMILES string of the molecule is c1ccc(-c2nc3cc4[se]c5cc6nc(-c7ccccc7)oc6cc5c4cc3o2)cc1. The monoisotopic (exact) mass is 466 g/mol. The molecule has 7 rings (SSSR count). The molecular weight excluding hydrogens is 451 g/mol. The Balaban J connectivity index is 1.42. The minimum atomic E-state index is 0.199. The number of hydrogen-bond acceptors (Lipinski definition) is 4. The summed E-state index contributed by atoms with van der Waals surface area (Å²) in [6.07, 6.45) is 0. The molecule has 0 aliphatic carbocycles. The molecular formula is C26H14N2O2Se. The second-order valence-electron chi connectivity index (χ2n) is 7.50. The molecule has 0 N–H and O–H groups in total. The van der Waals surface area contributed by atoms with E-state index in [1.807, 2.05) is 60.7 Å². The summed E-state index contributed by atoms with van der Waals surface area (Å²) in [4.78, 5) is 9.45. The van der Waals surface area contributed by atoms with Gasteiger partial charge in [-0.1, -0.05) is 0 Å². The van der Waals surface area contributed by atoms with Gasteiger partial charge in [0.05, 0.1) is 0 Å². The molecule has 0 radical (unpaired) electrons. The fraction of sp³-hybridized carbons (Fsp3) is 0. The van der Waals surface area contributed by atoms with Gasteiger partial charge in [0.25, 0.3) is 0 Å². The van der Waals surface area contributed by atoms with Crippen molar-refractivity contribution in [3.63, 3.8) is 0 Å². The molecule has 3 aromatic heterocycles. The van der Waals surface area contributed by atoms with Gasteiger partial charge in [-0.2, -0.15) is 0 Å². The molecule has 0 atom stereocenters. The van der Waals surface area contributed by atoms with Crippen molar-refractivity contribution >= 4 is 56.0 Å². The van der Waals surface area contributed by atoms with Gasteiger partial charge >= 0.3 is 183 Å². The minimum absolute atomic E-state index is 0.199. The van der Waals surface area contributed by atoms with E-state index in [1.54, 1.807) is 0 Å².